The largest absolute Gasteiger partial charge is 0.394 e. The maximum absolute atomic E-state index is 12.4. The van der Waals surface area contributed by atoms with Gasteiger partial charge in [0.2, 0.25) is 5.91 Å². The number of aryl methyl sites for hydroxylation is 1. The van der Waals surface area contributed by atoms with Gasteiger partial charge in [-0.05, 0) is 56.5 Å². The molecule has 35 heavy (non-hydrogen) atoms. The van der Waals surface area contributed by atoms with E-state index in [0.29, 0.717) is 24.4 Å². The number of fused-ring (bicyclic) bond motifs is 1. The van der Waals surface area contributed by atoms with Crippen molar-refractivity contribution in [2.24, 2.45) is 0 Å². The molecule has 4 heterocycles. The summed E-state index contributed by atoms with van der Waals surface area (Å²) in [7, 11) is 0. The van der Waals surface area contributed by atoms with Crippen molar-refractivity contribution in [3.8, 4) is 11.3 Å². The molecule has 1 amide bonds. The fourth-order valence-corrected chi connectivity index (χ4v) is 6.59. The van der Waals surface area contributed by atoms with E-state index in [-0.39, 0.29) is 30.3 Å². The Labute approximate surface area is 214 Å². The van der Waals surface area contributed by atoms with Crippen molar-refractivity contribution >= 4 is 39.1 Å². The molecule has 5 rings (SSSR count). The van der Waals surface area contributed by atoms with E-state index in [2.05, 4.69) is 31.1 Å². The minimum Gasteiger partial charge on any atom is -0.394 e. The number of halogens is 1. The Balaban J connectivity index is 1.52. The fourth-order valence-electron chi connectivity index (χ4n) is 5.21. The number of nitrogens with one attached hydrogen (secondary N) is 1. The van der Waals surface area contributed by atoms with E-state index in [9.17, 15) is 9.90 Å². The van der Waals surface area contributed by atoms with Crippen molar-refractivity contribution < 1.29 is 14.6 Å². The number of aliphatic hydroxyl groups is 1. The smallest absolute Gasteiger partial charge is 0.223 e. The predicted molar refractivity (Wildman–Crippen MR) is 139 cm³/mol. The van der Waals surface area contributed by atoms with Crippen LogP contribution in [0.25, 0.3) is 21.5 Å². The number of hydrogen-bond donors (Lipinski definition) is 2. The number of carbonyl (C=O) groups excluding carboxylic acids is 1. The van der Waals surface area contributed by atoms with Gasteiger partial charge in [-0.1, -0.05) is 11.6 Å². The number of ether oxygens (including phenoxy) is 1. The van der Waals surface area contributed by atoms with Gasteiger partial charge >= 0.3 is 0 Å². The highest BCUT2D eigenvalue weighted by atomic mass is 35.5. The van der Waals surface area contributed by atoms with Gasteiger partial charge in [-0.25, -0.2) is 9.97 Å². The molecule has 0 saturated carbocycles. The normalized spacial score (nSPS) is 22.3. The van der Waals surface area contributed by atoms with Gasteiger partial charge in [0.1, 0.15) is 6.33 Å². The van der Waals surface area contributed by atoms with Gasteiger partial charge in [0.15, 0.2) is 0 Å². The first-order valence-corrected chi connectivity index (χ1v) is 13.2. The molecule has 2 aliphatic heterocycles. The third-order valence-corrected chi connectivity index (χ3v) is 8.22. The Morgan fingerprint density at radius 3 is 2.91 bits per heavy atom. The summed E-state index contributed by atoms with van der Waals surface area (Å²) in [4.78, 5) is 24.4. The lowest BCUT2D eigenvalue weighted by molar-refractivity contribution is -0.130. The zero-order chi connectivity index (χ0) is 24.7. The van der Waals surface area contributed by atoms with Gasteiger partial charge in [-0.2, -0.15) is 0 Å². The van der Waals surface area contributed by atoms with Crippen LogP contribution in [0.5, 0.6) is 0 Å². The zero-order valence-electron chi connectivity index (χ0n) is 20.3. The maximum Gasteiger partial charge on any atom is 0.223 e. The molecule has 2 aromatic heterocycles. The maximum atomic E-state index is 12.4. The SMILES string of the molecule is Cc1cc(Cl)cc(-c2ncnc3cc(CN4C(=O)CC[C@@H]4CO)sc23)c1C[C@@H]1CNCC(C)(C)O1. The minimum atomic E-state index is -0.215. The van der Waals surface area contributed by atoms with E-state index >= 15 is 0 Å². The number of amides is 1. The van der Waals surface area contributed by atoms with Crippen LogP contribution in [0.3, 0.4) is 0 Å². The monoisotopic (exact) mass is 514 g/mol. The average Bonchev–Trinajstić information content (AvgIpc) is 3.37. The molecule has 0 unspecified atom stereocenters. The van der Waals surface area contributed by atoms with Crippen LogP contribution in [0.15, 0.2) is 24.5 Å². The van der Waals surface area contributed by atoms with Gasteiger partial charge < -0.3 is 20.1 Å². The molecule has 2 aliphatic rings. The summed E-state index contributed by atoms with van der Waals surface area (Å²) in [5.74, 6) is 0.0876. The van der Waals surface area contributed by atoms with Crippen LogP contribution in [0.1, 0.15) is 42.7 Å². The second-order valence-electron chi connectivity index (χ2n) is 10.1. The van der Waals surface area contributed by atoms with Crippen molar-refractivity contribution in [1.82, 2.24) is 20.2 Å². The molecule has 0 radical (unpaired) electrons. The first-order chi connectivity index (χ1) is 16.7. The molecule has 0 aliphatic carbocycles. The summed E-state index contributed by atoms with van der Waals surface area (Å²) in [6.07, 6.45) is 3.57. The lowest BCUT2D eigenvalue weighted by atomic mass is 9.93. The number of nitrogens with zero attached hydrogens (tertiary/aromatic N) is 3. The van der Waals surface area contributed by atoms with E-state index in [1.54, 1.807) is 22.6 Å². The van der Waals surface area contributed by atoms with Crippen molar-refractivity contribution in [3.05, 3.63) is 45.6 Å². The van der Waals surface area contributed by atoms with Gasteiger partial charge in [-0.3, -0.25) is 4.79 Å². The van der Waals surface area contributed by atoms with Crippen molar-refractivity contribution in [1.29, 1.82) is 0 Å². The summed E-state index contributed by atoms with van der Waals surface area (Å²) in [5.41, 5.74) is 4.76. The summed E-state index contributed by atoms with van der Waals surface area (Å²) < 4.78 is 7.34. The minimum absolute atomic E-state index is 0.0122. The van der Waals surface area contributed by atoms with Crippen LogP contribution in [0.2, 0.25) is 5.02 Å². The molecule has 2 atom stereocenters. The molecule has 7 nitrogen and oxygen atoms in total. The second kappa shape index (κ2) is 9.75. The van der Waals surface area contributed by atoms with Crippen molar-refractivity contribution in [3.63, 3.8) is 0 Å². The first-order valence-electron chi connectivity index (χ1n) is 12.1. The van der Waals surface area contributed by atoms with Crippen molar-refractivity contribution in [2.75, 3.05) is 19.7 Å². The molecular formula is C26H31ClN4O3S. The standard InChI is InChI=1S/C26H31ClN4O3S/c1-15-6-16(27)7-21(20(15)8-18-10-28-13-26(2,3)34-18)24-25-22(29-14-30-24)9-19(35-25)11-31-17(12-32)4-5-23(31)33/h6-7,9,14,17-18,28,32H,4-5,8,10-13H2,1-3H3/t17-,18-/m1/s1. The predicted octanol–water partition coefficient (Wildman–Crippen LogP) is 4.11. The Hall–Kier alpha value is -2.10. The number of aliphatic hydroxyl groups excluding tert-OH is 1. The quantitative estimate of drug-likeness (QED) is 0.514. The number of morpholine rings is 1. The average molecular weight is 515 g/mol. The molecule has 2 N–H and O–H groups in total. The molecule has 3 aromatic rings. The first kappa shape index (κ1) is 24.6. The number of benzene rings is 1. The molecule has 0 spiro atoms. The highest BCUT2D eigenvalue weighted by Gasteiger charge is 2.32. The zero-order valence-corrected chi connectivity index (χ0v) is 21.9. The Morgan fingerprint density at radius 1 is 1.31 bits per heavy atom. The molecular weight excluding hydrogens is 484 g/mol. The Bertz CT molecular complexity index is 1260. The summed E-state index contributed by atoms with van der Waals surface area (Å²) in [5, 5.41) is 13.8. The Morgan fingerprint density at radius 2 is 2.14 bits per heavy atom. The molecule has 0 bridgehead atoms. The van der Waals surface area contributed by atoms with Crippen LogP contribution in [0, 0.1) is 6.92 Å². The summed E-state index contributed by atoms with van der Waals surface area (Å²) >= 11 is 8.13. The van der Waals surface area contributed by atoms with Gasteiger partial charge in [-0.15, -0.1) is 11.3 Å². The third-order valence-electron chi connectivity index (χ3n) is 6.88. The van der Waals surface area contributed by atoms with Gasteiger partial charge in [0.25, 0.3) is 0 Å². The van der Waals surface area contributed by atoms with Gasteiger partial charge in [0.05, 0.1) is 46.8 Å². The van der Waals surface area contributed by atoms with Gasteiger partial charge in [0, 0.05) is 41.4 Å². The highest BCUT2D eigenvalue weighted by molar-refractivity contribution is 7.19. The van der Waals surface area contributed by atoms with E-state index < -0.39 is 0 Å². The van der Waals surface area contributed by atoms with Crippen LogP contribution in [-0.4, -0.2) is 63.3 Å². The lowest BCUT2D eigenvalue weighted by Gasteiger charge is -2.37. The highest BCUT2D eigenvalue weighted by Crippen LogP contribution is 2.38. The van der Waals surface area contributed by atoms with Crippen molar-refractivity contribution in [2.45, 2.75) is 64.3 Å². The third kappa shape index (κ3) is 5.08. The van der Waals surface area contributed by atoms with E-state index in [1.165, 1.54) is 5.56 Å². The number of likely N-dealkylation sites (tertiary alicyclic amines) is 1. The number of thiophene rings is 1. The van der Waals surface area contributed by atoms with Crippen LogP contribution in [-0.2, 0) is 22.5 Å². The second-order valence-corrected chi connectivity index (χ2v) is 11.7. The number of rotatable bonds is 6. The molecule has 9 heteroatoms. The van der Waals surface area contributed by atoms with Crippen LogP contribution >= 0.6 is 22.9 Å². The number of aromatic nitrogens is 2. The molecule has 1 aromatic carbocycles. The number of carbonyl (C=O) groups is 1. The van der Waals surface area contributed by atoms with E-state index in [0.717, 1.165) is 51.4 Å². The molecule has 2 fully saturated rings. The lowest BCUT2D eigenvalue weighted by Crippen LogP contribution is -2.51. The molecule has 2 saturated heterocycles. The number of hydrogen-bond acceptors (Lipinski definition) is 7. The van der Waals surface area contributed by atoms with E-state index in [1.807, 2.05) is 18.2 Å². The molecule has 186 valence electrons. The van der Waals surface area contributed by atoms with Crippen LogP contribution in [0.4, 0.5) is 0 Å². The van der Waals surface area contributed by atoms with E-state index in [4.69, 9.17) is 21.3 Å². The summed E-state index contributed by atoms with van der Waals surface area (Å²) in [6, 6.07) is 5.89. The Kier molecular flexibility index (Phi) is 6.85. The topological polar surface area (TPSA) is 87.6 Å². The fraction of sp³-hybridized carbons (Fsp3) is 0.500. The van der Waals surface area contributed by atoms with Crippen LogP contribution < -0.4 is 5.32 Å². The summed E-state index contributed by atoms with van der Waals surface area (Å²) in [6.45, 7) is 8.38.